The predicted molar refractivity (Wildman–Crippen MR) is 173 cm³/mol. The summed E-state index contributed by atoms with van der Waals surface area (Å²) >= 11 is 0. The SMILES string of the molecule is COc1cccc(N(CC(=O)N(Cc2ccccc2)C(Cc2ccccc2)C(=O)NC(C)C)S(=O)(=O)c2ccc(C)cc2)c1. The van der Waals surface area contributed by atoms with Gasteiger partial charge in [0.15, 0.2) is 0 Å². The fourth-order valence-corrected chi connectivity index (χ4v) is 6.25. The maximum atomic E-state index is 14.4. The van der Waals surface area contributed by atoms with Crippen LogP contribution in [0.15, 0.2) is 114 Å². The van der Waals surface area contributed by atoms with Crippen molar-refractivity contribution in [1.82, 2.24) is 10.2 Å². The first-order chi connectivity index (χ1) is 21.1. The molecule has 9 heteroatoms. The first kappa shape index (κ1) is 32.3. The summed E-state index contributed by atoms with van der Waals surface area (Å²) in [6, 6.07) is 30.8. The molecule has 0 spiro atoms. The van der Waals surface area contributed by atoms with Crippen LogP contribution in [0, 0.1) is 6.92 Å². The lowest BCUT2D eigenvalue weighted by Gasteiger charge is -2.34. The molecule has 0 fully saturated rings. The molecule has 0 bridgehead atoms. The Morgan fingerprint density at radius 1 is 0.818 bits per heavy atom. The highest BCUT2D eigenvalue weighted by Gasteiger charge is 2.35. The molecule has 44 heavy (non-hydrogen) atoms. The van der Waals surface area contributed by atoms with Gasteiger partial charge in [0.05, 0.1) is 17.7 Å². The van der Waals surface area contributed by atoms with Crippen molar-refractivity contribution < 1.29 is 22.7 Å². The summed E-state index contributed by atoms with van der Waals surface area (Å²) in [5.74, 6) is -0.395. The van der Waals surface area contributed by atoms with Gasteiger partial charge in [-0.3, -0.25) is 13.9 Å². The Balaban J connectivity index is 1.80. The summed E-state index contributed by atoms with van der Waals surface area (Å²) in [5, 5.41) is 2.96. The maximum Gasteiger partial charge on any atom is 0.264 e. The van der Waals surface area contributed by atoms with Crippen molar-refractivity contribution in [1.29, 1.82) is 0 Å². The average molecular weight is 614 g/mol. The van der Waals surface area contributed by atoms with E-state index >= 15 is 0 Å². The molecule has 0 aliphatic heterocycles. The molecule has 4 aromatic rings. The highest BCUT2D eigenvalue weighted by atomic mass is 32.2. The number of carbonyl (C=O) groups is 2. The molecule has 0 aromatic heterocycles. The lowest BCUT2D eigenvalue weighted by atomic mass is 10.0. The van der Waals surface area contributed by atoms with Gasteiger partial charge in [0.25, 0.3) is 10.0 Å². The Morgan fingerprint density at radius 2 is 1.43 bits per heavy atom. The quantitative estimate of drug-likeness (QED) is 0.219. The number of benzene rings is 4. The Kier molecular flexibility index (Phi) is 10.8. The molecule has 4 aromatic carbocycles. The second-order valence-electron chi connectivity index (χ2n) is 10.9. The maximum absolute atomic E-state index is 14.4. The van der Waals surface area contributed by atoms with Crippen LogP contribution in [0.4, 0.5) is 5.69 Å². The molecule has 0 aliphatic carbocycles. The molecule has 1 unspecified atom stereocenters. The fraction of sp³-hybridized carbons (Fsp3) is 0.257. The van der Waals surface area contributed by atoms with E-state index in [9.17, 15) is 18.0 Å². The summed E-state index contributed by atoms with van der Waals surface area (Å²) in [5.41, 5.74) is 2.86. The Labute approximate surface area is 260 Å². The van der Waals surface area contributed by atoms with E-state index < -0.39 is 28.5 Å². The highest BCUT2D eigenvalue weighted by molar-refractivity contribution is 7.92. The molecule has 0 saturated heterocycles. The number of hydrogen-bond acceptors (Lipinski definition) is 5. The Hall–Kier alpha value is -4.63. The van der Waals surface area contributed by atoms with Gasteiger partial charge in [-0.15, -0.1) is 0 Å². The van der Waals surface area contributed by atoms with Gasteiger partial charge in [-0.25, -0.2) is 8.42 Å². The molecule has 0 heterocycles. The summed E-state index contributed by atoms with van der Waals surface area (Å²) in [6.07, 6.45) is 0.252. The van der Waals surface area contributed by atoms with E-state index in [1.807, 2.05) is 81.4 Å². The van der Waals surface area contributed by atoms with Crippen molar-refractivity contribution in [2.24, 2.45) is 0 Å². The molecule has 8 nitrogen and oxygen atoms in total. The minimum Gasteiger partial charge on any atom is -0.497 e. The van der Waals surface area contributed by atoms with Crippen molar-refractivity contribution in [2.45, 2.75) is 50.7 Å². The van der Waals surface area contributed by atoms with Crippen LogP contribution in [0.5, 0.6) is 5.75 Å². The normalized spacial score (nSPS) is 11.9. The van der Waals surface area contributed by atoms with Gasteiger partial charge in [0.2, 0.25) is 11.8 Å². The summed E-state index contributed by atoms with van der Waals surface area (Å²) in [7, 11) is -2.70. The zero-order valence-corrected chi connectivity index (χ0v) is 26.3. The number of nitrogens with one attached hydrogen (secondary N) is 1. The van der Waals surface area contributed by atoms with E-state index in [-0.39, 0.29) is 35.5 Å². The zero-order valence-electron chi connectivity index (χ0n) is 25.5. The number of carbonyl (C=O) groups excluding carboxylic acids is 2. The average Bonchev–Trinajstić information content (AvgIpc) is 3.02. The van der Waals surface area contributed by atoms with Crippen LogP contribution < -0.4 is 14.4 Å². The number of amides is 2. The van der Waals surface area contributed by atoms with Crippen LogP contribution in [0.3, 0.4) is 0 Å². The fourth-order valence-electron chi connectivity index (χ4n) is 4.85. The van der Waals surface area contributed by atoms with Crippen molar-refractivity contribution in [3.63, 3.8) is 0 Å². The van der Waals surface area contributed by atoms with Gasteiger partial charge in [0, 0.05) is 25.1 Å². The lowest BCUT2D eigenvalue weighted by molar-refractivity contribution is -0.140. The van der Waals surface area contributed by atoms with Gasteiger partial charge in [-0.05, 0) is 56.2 Å². The summed E-state index contributed by atoms with van der Waals surface area (Å²) < 4.78 is 34.7. The van der Waals surface area contributed by atoms with Gasteiger partial charge in [-0.2, -0.15) is 0 Å². The molecule has 1 atom stereocenters. The van der Waals surface area contributed by atoms with Crippen molar-refractivity contribution in [2.75, 3.05) is 18.0 Å². The molecule has 1 N–H and O–H groups in total. The number of methoxy groups -OCH3 is 1. The zero-order chi connectivity index (χ0) is 31.7. The van der Waals surface area contributed by atoms with Gasteiger partial charge < -0.3 is 15.0 Å². The molecular weight excluding hydrogens is 574 g/mol. The summed E-state index contributed by atoms with van der Waals surface area (Å²) in [6.45, 7) is 5.17. The number of nitrogens with zero attached hydrogens (tertiary/aromatic N) is 2. The van der Waals surface area contributed by atoms with E-state index in [1.165, 1.54) is 24.1 Å². The van der Waals surface area contributed by atoms with E-state index in [2.05, 4.69) is 5.32 Å². The number of rotatable bonds is 13. The Bertz CT molecular complexity index is 1640. The van der Waals surface area contributed by atoms with Crippen LogP contribution in [0.2, 0.25) is 0 Å². The number of aryl methyl sites for hydroxylation is 1. The third-order valence-corrected chi connectivity index (χ3v) is 8.92. The standard InChI is InChI=1S/C35H39N3O5S/c1-26(2)36-35(40)33(22-28-12-7-5-8-13-28)37(24-29-14-9-6-10-15-29)34(39)25-38(30-16-11-17-31(23-30)43-4)44(41,42)32-20-18-27(3)19-21-32/h5-21,23,26,33H,22,24-25H2,1-4H3,(H,36,40). The van der Waals surface area contributed by atoms with E-state index in [0.717, 1.165) is 21.0 Å². The van der Waals surface area contributed by atoms with Crippen LogP contribution in [-0.2, 0) is 32.6 Å². The Morgan fingerprint density at radius 3 is 2.02 bits per heavy atom. The third-order valence-electron chi connectivity index (χ3n) is 7.13. The van der Waals surface area contributed by atoms with E-state index in [1.54, 1.807) is 36.4 Å². The van der Waals surface area contributed by atoms with Crippen LogP contribution in [0.1, 0.15) is 30.5 Å². The first-order valence-corrected chi connectivity index (χ1v) is 15.9. The van der Waals surface area contributed by atoms with Crippen LogP contribution in [-0.4, -0.2) is 50.9 Å². The van der Waals surface area contributed by atoms with Gasteiger partial charge in [0.1, 0.15) is 18.3 Å². The number of hydrogen-bond donors (Lipinski definition) is 1. The number of anilines is 1. The van der Waals surface area contributed by atoms with Crippen molar-refractivity contribution in [3.8, 4) is 5.75 Å². The van der Waals surface area contributed by atoms with Gasteiger partial charge in [-0.1, -0.05) is 84.4 Å². The molecule has 2 amide bonds. The molecule has 4 rings (SSSR count). The third kappa shape index (κ3) is 8.26. The second-order valence-corrected chi connectivity index (χ2v) is 12.8. The molecule has 230 valence electrons. The smallest absolute Gasteiger partial charge is 0.264 e. The number of sulfonamides is 1. The molecule has 0 saturated carbocycles. The van der Waals surface area contributed by atoms with Crippen LogP contribution >= 0.6 is 0 Å². The summed E-state index contributed by atoms with van der Waals surface area (Å²) in [4.78, 5) is 29.7. The lowest BCUT2D eigenvalue weighted by Crippen LogP contribution is -2.54. The van der Waals surface area contributed by atoms with E-state index in [0.29, 0.717) is 5.75 Å². The largest absolute Gasteiger partial charge is 0.497 e. The van der Waals surface area contributed by atoms with Gasteiger partial charge >= 0.3 is 0 Å². The predicted octanol–water partition coefficient (Wildman–Crippen LogP) is 5.36. The molecular formula is C35H39N3O5S. The minimum atomic E-state index is -4.19. The van der Waals surface area contributed by atoms with E-state index in [4.69, 9.17) is 4.74 Å². The minimum absolute atomic E-state index is 0.0479. The van der Waals surface area contributed by atoms with Crippen molar-refractivity contribution in [3.05, 3.63) is 126 Å². The monoisotopic (exact) mass is 613 g/mol. The first-order valence-electron chi connectivity index (χ1n) is 14.5. The van der Waals surface area contributed by atoms with Crippen molar-refractivity contribution >= 4 is 27.5 Å². The topological polar surface area (TPSA) is 96.0 Å². The second kappa shape index (κ2) is 14.7. The molecule has 0 aliphatic rings. The highest BCUT2D eigenvalue weighted by Crippen LogP contribution is 2.28. The van der Waals surface area contributed by atoms with Crippen LogP contribution in [0.25, 0.3) is 0 Å². The number of ether oxygens (including phenoxy) is 1. The molecule has 0 radical (unpaired) electrons.